The first-order chi connectivity index (χ1) is 9.67. The minimum atomic E-state index is -0.0942. The van der Waals surface area contributed by atoms with Crippen molar-refractivity contribution in [1.82, 2.24) is 4.90 Å². The highest BCUT2D eigenvalue weighted by Gasteiger charge is 2.30. The zero-order valence-electron chi connectivity index (χ0n) is 11.5. The number of rotatable bonds is 3. The molecular formula is C15H18BrNO3. The van der Waals surface area contributed by atoms with Crippen molar-refractivity contribution in [2.75, 3.05) is 26.8 Å². The molecule has 20 heavy (non-hydrogen) atoms. The van der Waals surface area contributed by atoms with Gasteiger partial charge in [0.25, 0.3) is 0 Å². The molecule has 1 saturated heterocycles. The lowest BCUT2D eigenvalue weighted by Crippen LogP contribution is -2.23. The van der Waals surface area contributed by atoms with Crippen LogP contribution in [0.25, 0.3) is 0 Å². The van der Waals surface area contributed by atoms with Gasteiger partial charge in [-0.15, -0.1) is 0 Å². The predicted molar refractivity (Wildman–Crippen MR) is 78.7 cm³/mol. The maximum absolute atomic E-state index is 11.6. The summed E-state index contributed by atoms with van der Waals surface area (Å²) in [7, 11) is 1.46. The number of ether oxygens (including phenoxy) is 2. The number of hydrogen-bond donors (Lipinski definition) is 0. The van der Waals surface area contributed by atoms with E-state index in [1.807, 2.05) is 0 Å². The molecule has 5 heteroatoms. The molecule has 0 aromatic heterocycles. The molecule has 1 atom stereocenters. The fourth-order valence-electron chi connectivity index (χ4n) is 3.04. The molecule has 1 fully saturated rings. The third-order valence-electron chi connectivity index (χ3n) is 4.03. The van der Waals surface area contributed by atoms with Gasteiger partial charge in [-0.2, -0.15) is 0 Å². The molecule has 1 aromatic rings. The number of esters is 1. The molecule has 4 nitrogen and oxygen atoms in total. The Hall–Kier alpha value is -1.07. The van der Waals surface area contributed by atoms with Crippen LogP contribution in [0.4, 0.5) is 0 Å². The number of carbonyl (C=O) groups is 1. The van der Waals surface area contributed by atoms with Crippen LogP contribution in [0.2, 0.25) is 0 Å². The molecule has 0 N–H and O–H groups in total. The van der Waals surface area contributed by atoms with Gasteiger partial charge in [0.2, 0.25) is 0 Å². The van der Waals surface area contributed by atoms with E-state index in [1.165, 1.54) is 18.2 Å². The summed E-state index contributed by atoms with van der Waals surface area (Å²) in [5.41, 5.74) is 2.48. The van der Waals surface area contributed by atoms with Crippen LogP contribution in [0.3, 0.4) is 0 Å². The molecule has 0 bridgehead atoms. The van der Waals surface area contributed by atoms with Crippen molar-refractivity contribution in [3.63, 3.8) is 0 Å². The zero-order valence-corrected chi connectivity index (χ0v) is 13.1. The van der Waals surface area contributed by atoms with Crippen molar-refractivity contribution < 1.29 is 14.3 Å². The van der Waals surface area contributed by atoms with E-state index in [4.69, 9.17) is 9.47 Å². The number of nitrogens with zero attached hydrogens (tertiary/aromatic N) is 1. The summed E-state index contributed by atoms with van der Waals surface area (Å²) in [5, 5.41) is 0. The topological polar surface area (TPSA) is 38.8 Å². The van der Waals surface area contributed by atoms with E-state index in [9.17, 15) is 4.79 Å². The van der Waals surface area contributed by atoms with E-state index in [1.54, 1.807) is 0 Å². The molecule has 108 valence electrons. The van der Waals surface area contributed by atoms with E-state index >= 15 is 0 Å². The summed E-state index contributed by atoms with van der Waals surface area (Å²) in [5.74, 6) is 0.957. The standard InChI is InChI=1S/C15H18BrNO3/c1-19-15(18)11-2-4-17(8-11)9-12-7-13(16)6-10-3-5-20-14(10)12/h6-7,11H,2-5,8-9H2,1H3. The molecule has 0 amide bonds. The average molecular weight is 340 g/mol. The lowest BCUT2D eigenvalue weighted by Gasteiger charge is -2.17. The summed E-state index contributed by atoms with van der Waals surface area (Å²) in [4.78, 5) is 13.9. The lowest BCUT2D eigenvalue weighted by atomic mass is 10.1. The van der Waals surface area contributed by atoms with Crippen LogP contribution in [0.5, 0.6) is 5.75 Å². The average Bonchev–Trinajstić information content (AvgIpc) is 3.06. The minimum absolute atomic E-state index is 0.0149. The number of likely N-dealkylation sites (tertiary alicyclic amines) is 1. The Balaban J connectivity index is 1.72. The highest BCUT2D eigenvalue weighted by atomic mass is 79.9. The van der Waals surface area contributed by atoms with Gasteiger partial charge in [-0.05, 0) is 30.7 Å². The van der Waals surface area contributed by atoms with Gasteiger partial charge in [0, 0.05) is 29.5 Å². The molecule has 3 rings (SSSR count). The van der Waals surface area contributed by atoms with Crippen LogP contribution in [-0.2, 0) is 22.5 Å². The van der Waals surface area contributed by atoms with Crippen molar-refractivity contribution in [2.24, 2.45) is 5.92 Å². The Morgan fingerprint density at radius 2 is 2.40 bits per heavy atom. The fourth-order valence-corrected chi connectivity index (χ4v) is 3.59. The van der Waals surface area contributed by atoms with Gasteiger partial charge in [0.1, 0.15) is 5.75 Å². The molecule has 0 radical (unpaired) electrons. The number of fused-ring (bicyclic) bond motifs is 1. The maximum Gasteiger partial charge on any atom is 0.310 e. The molecular weight excluding hydrogens is 322 g/mol. The maximum atomic E-state index is 11.6. The molecule has 2 aliphatic heterocycles. The van der Waals surface area contributed by atoms with Crippen LogP contribution in [0, 0.1) is 5.92 Å². The van der Waals surface area contributed by atoms with Gasteiger partial charge in [-0.3, -0.25) is 9.69 Å². The SMILES string of the molecule is COC(=O)C1CCN(Cc2cc(Br)cc3c2OCC3)C1. The molecule has 2 aliphatic rings. The lowest BCUT2D eigenvalue weighted by molar-refractivity contribution is -0.144. The highest BCUT2D eigenvalue weighted by molar-refractivity contribution is 9.10. The number of carbonyl (C=O) groups excluding carboxylic acids is 1. The van der Waals surface area contributed by atoms with Gasteiger partial charge in [-0.25, -0.2) is 0 Å². The van der Waals surface area contributed by atoms with E-state index in [2.05, 4.69) is 33.0 Å². The monoisotopic (exact) mass is 339 g/mol. The van der Waals surface area contributed by atoms with E-state index in [0.717, 1.165) is 49.3 Å². The summed E-state index contributed by atoms with van der Waals surface area (Å²) in [6.07, 6.45) is 1.86. The second-order valence-electron chi connectivity index (χ2n) is 5.40. The van der Waals surface area contributed by atoms with Crippen molar-refractivity contribution in [1.29, 1.82) is 0 Å². The van der Waals surface area contributed by atoms with Gasteiger partial charge in [-0.1, -0.05) is 15.9 Å². The molecule has 2 heterocycles. The third-order valence-corrected chi connectivity index (χ3v) is 4.48. The van der Waals surface area contributed by atoms with Crippen molar-refractivity contribution in [3.05, 3.63) is 27.7 Å². The first-order valence-electron chi connectivity index (χ1n) is 6.91. The second kappa shape index (κ2) is 5.74. The van der Waals surface area contributed by atoms with Crippen LogP contribution in [0.1, 0.15) is 17.5 Å². The van der Waals surface area contributed by atoms with Crippen LogP contribution in [0.15, 0.2) is 16.6 Å². The predicted octanol–water partition coefficient (Wildman–Crippen LogP) is 2.38. The molecule has 0 aliphatic carbocycles. The second-order valence-corrected chi connectivity index (χ2v) is 6.31. The van der Waals surface area contributed by atoms with Crippen molar-refractivity contribution in [3.8, 4) is 5.75 Å². The molecule has 0 spiro atoms. The third kappa shape index (κ3) is 2.69. The molecule has 1 unspecified atom stereocenters. The smallest absolute Gasteiger partial charge is 0.310 e. The molecule has 0 saturated carbocycles. The Labute approximate surface area is 127 Å². The first-order valence-corrected chi connectivity index (χ1v) is 7.71. The van der Waals surface area contributed by atoms with E-state index < -0.39 is 0 Å². The van der Waals surface area contributed by atoms with Gasteiger partial charge in [0.05, 0.1) is 19.6 Å². The Bertz CT molecular complexity index is 532. The van der Waals surface area contributed by atoms with Crippen LogP contribution < -0.4 is 4.74 Å². The van der Waals surface area contributed by atoms with Gasteiger partial charge < -0.3 is 9.47 Å². The quantitative estimate of drug-likeness (QED) is 0.792. The Morgan fingerprint density at radius 3 is 3.20 bits per heavy atom. The van der Waals surface area contributed by atoms with Crippen molar-refractivity contribution >= 4 is 21.9 Å². The van der Waals surface area contributed by atoms with Gasteiger partial charge >= 0.3 is 5.97 Å². The first kappa shape index (κ1) is 13.9. The number of halogens is 1. The summed E-state index contributed by atoms with van der Waals surface area (Å²) in [6, 6.07) is 4.25. The Morgan fingerprint density at radius 1 is 1.55 bits per heavy atom. The summed E-state index contributed by atoms with van der Waals surface area (Å²) < 4.78 is 11.7. The minimum Gasteiger partial charge on any atom is -0.493 e. The normalized spacial score (nSPS) is 21.6. The van der Waals surface area contributed by atoms with Crippen LogP contribution >= 0.6 is 15.9 Å². The zero-order chi connectivity index (χ0) is 14.1. The highest BCUT2D eigenvalue weighted by Crippen LogP contribution is 2.34. The van der Waals surface area contributed by atoms with E-state index in [0.29, 0.717) is 0 Å². The van der Waals surface area contributed by atoms with Crippen LogP contribution in [-0.4, -0.2) is 37.7 Å². The van der Waals surface area contributed by atoms with Gasteiger partial charge in [0.15, 0.2) is 0 Å². The largest absolute Gasteiger partial charge is 0.493 e. The number of benzene rings is 1. The van der Waals surface area contributed by atoms with Crippen molar-refractivity contribution in [2.45, 2.75) is 19.4 Å². The number of hydrogen-bond acceptors (Lipinski definition) is 4. The summed E-state index contributed by atoms with van der Waals surface area (Å²) in [6.45, 7) is 3.30. The summed E-state index contributed by atoms with van der Waals surface area (Å²) >= 11 is 3.56. The fraction of sp³-hybridized carbons (Fsp3) is 0.533. The number of methoxy groups -OCH3 is 1. The Kier molecular flexibility index (Phi) is 3.98. The molecule has 1 aromatic carbocycles. The van der Waals surface area contributed by atoms with E-state index in [-0.39, 0.29) is 11.9 Å².